The number of hydrogen-bond donors (Lipinski definition) is 0. The number of Topliss-reactive ketones (excluding diaryl/α,β-unsaturated/α-hetero) is 1. The molecule has 0 unspecified atom stereocenters. The van der Waals surface area contributed by atoms with Crippen molar-refractivity contribution in [2.24, 2.45) is 5.41 Å². The summed E-state index contributed by atoms with van der Waals surface area (Å²) in [6.07, 6.45) is 5.08. The summed E-state index contributed by atoms with van der Waals surface area (Å²) >= 11 is 0. The summed E-state index contributed by atoms with van der Waals surface area (Å²) in [6.45, 7) is 4.33. The van der Waals surface area contributed by atoms with Crippen LogP contribution in [0.15, 0.2) is 29.3 Å². The number of fused-ring (bicyclic) bond motifs is 1. The molecule has 0 saturated heterocycles. The average molecular weight is 270 g/mol. The highest BCUT2D eigenvalue weighted by molar-refractivity contribution is 6.03. The van der Waals surface area contributed by atoms with E-state index in [1.54, 1.807) is 7.11 Å². The maximum Gasteiger partial charge on any atom is 0.169 e. The molecule has 1 saturated carbocycles. The van der Waals surface area contributed by atoms with E-state index in [2.05, 4.69) is 13.8 Å². The molecule has 0 aliphatic heterocycles. The molecule has 2 aliphatic rings. The second-order valence-electron chi connectivity index (χ2n) is 6.41. The Morgan fingerprint density at radius 3 is 2.60 bits per heavy atom. The van der Waals surface area contributed by atoms with Crippen LogP contribution in [0.3, 0.4) is 0 Å². The van der Waals surface area contributed by atoms with Crippen LogP contribution in [0.25, 0.3) is 0 Å². The monoisotopic (exact) mass is 270 g/mol. The lowest BCUT2D eigenvalue weighted by atomic mass is 9.69. The lowest BCUT2D eigenvalue weighted by Crippen LogP contribution is -2.33. The van der Waals surface area contributed by atoms with E-state index in [-0.39, 0.29) is 5.41 Å². The molecule has 1 spiro atoms. The van der Waals surface area contributed by atoms with Gasteiger partial charge in [-0.05, 0) is 69.7 Å². The van der Waals surface area contributed by atoms with Crippen LogP contribution in [0.4, 0.5) is 0 Å². The first kappa shape index (κ1) is 13.4. The SMILES string of the molecule is COc1ccc2c(c1)CC[C@]1(CCC(=C(C)C)C1)C2=O. The molecule has 0 amide bonds. The zero-order chi connectivity index (χ0) is 14.3. The van der Waals surface area contributed by atoms with E-state index in [0.29, 0.717) is 5.78 Å². The van der Waals surface area contributed by atoms with Gasteiger partial charge in [-0.1, -0.05) is 11.1 Å². The van der Waals surface area contributed by atoms with Crippen LogP contribution in [-0.4, -0.2) is 12.9 Å². The number of hydrogen-bond acceptors (Lipinski definition) is 2. The number of aryl methyl sites for hydroxylation is 1. The molecule has 0 radical (unpaired) electrons. The van der Waals surface area contributed by atoms with Gasteiger partial charge in [0.25, 0.3) is 0 Å². The van der Waals surface area contributed by atoms with Gasteiger partial charge in [-0.25, -0.2) is 0 Å². The Morgan fingerprint density at radius 2 is 1.95 bits per heavy atom. The molecule has 0 N–H and O–H groups in total. The van der Waals surface area contributed by atoms with Crippen molar-refractivity contribution in [2.45, 2.75) is 46.0 Å². The first-order chi connectivity index (χ1) is 9.55. The maximum absolute atomic E-state index is 12.9. The first-order valence-corrected chi connectivity index (χ1v) is 7.43. The molecule has 2 heteroatoms. The maximum atomic E-state index is 12.9. The molecule has 20 heavy (non-hydrogen) atoms. The zero-order valence-corrected chi connectivity index (χ0v) is 12.6. The molecule has 1 atom stereocenters. The Morgan fingerprint density at radius 1 is 1.20 bits per heavy atom. The number of carbonyl (C=O) groups is 1. The van der Waals surface area contributed by atoms with Gasteiger partial charge in [0.05, 0.1) is 7.11 Å². The summed E-state index contributed by atoms with van der Waals surface area (Å²) < 4.78 is 5.26. The van der Waals surface area contributed by atoms with Gasteiger partial charge in [-0.3, -0.25) is 4.79 Å². The third kappa shape index (κ3) is 1.98. The molecule has 2 nitrogen and oxygen atoms in total. The number of allylic oxidation sites excluding steroid dienone is 2. The fourth-order valence-corrected chi connectivity index (χ4v) is 3.71. The van der Waals surface area contributed by atoms with Crippen molar-refractivity contribution in [3.8, 4) is 5.75 Å². The third-order valence-electron chi connectivity index (χ3n) is 5.08. The molecule has 1 aromatic carbocycles. The minimum absolute atomic E-state index is 0.117. The fourth-order valence-electron chi connectivity index (χ4n) is 3.71. The lowest BCUT2D eigenvalue weighted by Gasteiger charge is -2.33. The second-order valence-corrected chi connectivity index (χ2v) is 6.41. The molecule has 2 aliphatic carbocycles. The number of ether oxygens (including phenoxy) is 1. The number of methoxy groups -OCH3 is 1. The van der Waals surface area contributed by atoms with Gasteiger partial charge >= 0.3 is 0 Å². The molecule has 0 heterocycles. The standard InChI is InChI=1S/C18H22O2/c1-12(2)14-7-9-18(11-14)8-6-13-10-15(20-3)4-5-16(13)17(18)19/h4-5,10H,6-9,11H2,1-3H3/t18-/m1/s1. The van der Waals surface area contributed by atoms with Crippen molar-refractivity contribution in [1.29, 1.82) is 0 Å². The second kappa shape index (κ2) is 4.76. The zero-order valence-electron chi connectivity index (χ0n) is 12.6. The summed E-state index contributed by atoms with van der Waals surface area (Å²) in [6, 6.07) is 5.89. The molecule has 0 bridgehead atoms. The van der Waals surface area contributed by atoms with Crippen LogP contribution < -0.4 is 4.74 Å². The Bertz CT molecular complexity index is 593. The normalized spacial score (nSPS) is 24.9. The van der Waals surface area contributed by atoms with Crippen molar-refractivity contribution in [3.05, 3.63) is 40.5 Å². The highest BCUT2D eigenvalue weighted by Crippen LogP contribution is 2.50. The van der Waals surface area contributed by atoms with Gasteiger partial charge < -0.3 is 4.74 Å². The summed E-state index contributed by atoms with van der Waals surface area (Å²) in [7, 11) is 1.67. The van der Waals surface area contributed by atoms with Crippen LogP contribution in [0.5, 0.6) is 5.75 Å². The average Bonchev–Trinajstić information content (AvgIpc) is 2.89. The summed E-state index contributed by atoms with van der Waals surface area (Å²) in [5.74, 6) is 1.21. The topological polar surface area (TPSA) is 26.3 Å². The first-order valence-electron chi connectivity index (χ1n) is 7.43. The van der Waals surface area contributed by atoms with Crippen molar-refractivity contribution in [3.63, 3.8) is 0 Å². The van der Waals surface area contributed by atoms with Crippen LogP contribution in [0.1, 0.15) is 55.5 Å². The van der Waals surface area contributed by atoms with Crippen molar-refractivity contribution < 1.29 is 9.53 Å². The molecule has 106 valence electrons. The molecule has 1 fully saturated rings. The Kier molecular flexibility index (Phi) is 3.19. The predicted molar refractivity (Wildman–Crippen MR) is 80.3 cm³/mol. The van der Waals surface area contributed by atoms with Crippen molar-refractivity contribution in [2.75, 3.05) is 7.11 Å². The van der Waals surface area contributed by atoms with Gasteiger partial charge in [0.15, 0.2) is 5.78 Å². The largest absolute Gasteiger partial charge is 0.497 e. The van der Waals surface area contributed by atoms with E-state index >= 15 is 0 Å². The highest BCUT2D eigenvalue weighted by Gasteiger charge is 2.46. The van der Waals surface area contributed by atoms with Crippen LogP contribution in [-0.2, 0) is 6.42 Å². The molecular weight excluding hydrogens is 248 g/mol. The highest BCUT2D eigenvalue weighted by atomic mass is 16.5. The summed E-state index contributed by atoms with van der Waals surface area (Å²) in [5.41, 5.74) is 4.86. The summed E-state index contributed by atoms with van der Waals surface area (Å²) in [4.78, 5) is 12.9. The van der Waals surface area contributed by atoms with E-state index < -0.39 is 0 Å². The van der Waals surface area contributed by atoms with Gasteiger partial charge in [-0.15, -0.1) is 0 Å². The Labute approximate surface area is 120 Å². The number of carbonyl (C=O) groups excluding carboxylic acids is 1. The number of ketones is 1. The van der Waals surface area contributed by atoms with E-state index in [4.69, 9.17) is 4.74 Å². The van der Waals surface area contributed by atoms with E-state index in [0.717, 1.165) is 49.0 Å². The lowest BCUT2D eigenvalue weighted by molar-refractivity contribution is 0.0770. The van der Waals surface area contributed by atoms with Gasteiger partial charge in [0.1, 0.15) is 5.75 Å². The molecule has 0 aromatic heterocycles. The van der Waals surface area contributed by atoms with Gasteiger partial charge in [-0.2, -0.15) is 0 Å². The van der Waals surface area contributed by atoms with Crippen LogP contribution >= 0.6 is 0 Å². The summed E-state index contributed by atoms with van der Waals surface area (Å²) in [5, 5.41) is 0. The quantitative estimate of drug-likeness (QED) is 0.710. The molecule has 3 rings (SSSR count). The minimum atomic E-state index is -0.117. The Balaban J connectivity index is 1.96. The number of benzene rings is 1. The van der Waals surface area contributed by atoms with E-state index in [1.807, 2.05) is 18.2 Å². The fraction of sp³-hybridized carbons (Fsp3) is 0.500. The van der Waals surface area contributed by atoms with Crippen molar-refractivity contribution in [1.82, 2.24) is 0 Å². The minimum Gasteiger partial charge on any atom is -0.497 e. The van der Waals surface area contributed by atoms with E-state index in [9.17, 15) is 4.79 Å². The van der Waals surface area contributed by atoms with Crippen molar-refractivity contribution >= 4 is 5.78 Å². The van der Waals surface area contributed by atoms with Gasteiger partial charge in [0.2, 0.25) is 0 Å². The molecular formula is C18H22O2. The van der Waals surface area contributed by atoms with Gasteiger partial charge in [0, 0.05) is 11.0 Å². The predicted octanol–water partition coefficient (Wildman–Crippen LogP) is 4.33. The van der Waals surface area contributed by atoms with Crippen LogP contribution in [0.2, 0.25) is 0 Å². The Hall–Kier alpha value is -1.57. The third-order valence-corrected chi connectivity index (χ3v) is 5.08. The number of rotatable bonds is 1. The smallest absolute Gasteiger partial charge is 0.169 e. The molecule has 1 aromatic rings. The van der Waals surface area contributed by atoms with E-state index in [1.165, 1.54) is 11.1 Å². The van der Waals surface area contributed by atoms with Crippen LogP contribution in [0, 0.1) is 5.41 Å².